The molecule has 0 saturated carbocycles. The lowest BCUT2D eigenvalue weighted by Gasteiger charge is -2.05. The third-order valence-corrected chi connectivity index (χ3v) is 3.01. The van der Waals surface area contributed by atoms with Gasteiger partial charge in [0.2, 0.25) is 0 Å². The highest BCUT2D eigenvalue weighted by atomic mass is 16.4. The molecule has 0 aliphatic carbocycles. The van der Waals surface area contributed by atoms with Crippen LogP contribution in [0.2, 0.25) is 0 Å². The molecule has 3 rings (SSSR count). The van der Waals surface area contributed by atoms with E-state index in [1.54, 1.807) is 22.7 Å². The van der Waals surface area contributed by atoms with Crippen molar-refractivity contribution < 1.29 is 9.90 Å². The number of imidazole rings is 1. The number of hydrogen-bond acceptors (Lipinski definition) is 3. The van der Waals surface area contributed by atoms with E-state index < -0.39 is 5.97 Å². The van der Waals surface area contributed by atoms with Crippen LogP contribution in [0.15, 0.2) is 48.7 Å². The van der Waals surface area contributed by atoms with Gasteiger partial charge in [0.15, 0.2) is 11.5 Å². The number of fused-ring (bicyclic) bond motifs is 1. The summed E-state index contributed by atoms with van der Waals surface area (Å²) in [5.41, 5.74) is 2.63. The zero-order chi connectivity index (χ0) is 14.1. The highest BCUT2D eigenvalue weighted by Gasteiger charge is 2.18. The highest BCUT2D eigenvalue weighted by molar-refractivity contribution is 5.93. The summed E-state index contributed by atoms with van der Waals surface area (Å²) < 4.78 is 1.56. The molecule has 2 heterocycles. The second kappa shape index (κ2) is 4.70. The molecule has 0 amide bonds. The van der Waals surface area contributed by atoms with Crippen LogP contribution in [-0.4, -0.2) is 20.5 Å². The second-order valence-electron chi connectivity index (χ2n) is 4.54. The van der Waals surface area contributed by atoms with Crippen LogP contribution in [0, 0.1) is 6.92 Å². The summed E-state index contributed by atoms with van der Waals surface area (Å²) in [5.74, 6) is -0.673. The first-order chi connectivity index (χ1) is 9.65. The first kappa shape index (κ1) is 12.2. The molecule has 5 nitrogen and oxygen atoms in total. The summed E-state index contributed by atoms with van der Waals surface area (Å²) in [5, 5.41) is 12.5. The number of carbonyl (C=O) groups is 1. The molecular formula is C15H13N3O2. The van der Waals surface area contributed by atoms with E-state index in [2.05, 4.69) is 10.3 Å². The summed E-state index contributed by atoms with van der Waals surface area (Å²) >= 11 is 0. The standard InChI is InChI=1S/C15H13N3O2/c1-10-5-4-6-11(9-10)16-14-13(15(19)20)18-8-3-2-7-12(18)17-14/h2-9,16H,1H3,(H,19,20). The van der Waals surface area contributed by atoms with Gasteiger partial charge in [-0.3, -0.25) is 4.40 Å². The summed E-state index contributed by atoms with van der Waals surface area (Å²) in [7, 11) is 0. The molecule has 0 bridgehead atoms. The van der Waals surface area contributed by atoms with E-state index in [1.807, 2.05) is 37.3 Å². The van der Waals surface area contributed by atoms with Gasteiger partial charge in [-0.25, -0.2) is 9.78 Å². The van der Waals surface area contributed by atoms with Crippen molar-refractivity contribution in [1.29, 1.82) is 0 Å². The molecule has 0 aliphatic heterocycles. The largest absolute Gasteiger partial charge is 0.476 e. The number of pyridine rings is 1. The highest BCUT2D eigenvalue weighted by Crippen LogP contribution is 2.22. The van der Waals surface area contributed by atoms with E-state index in [0.29, 0.717) is 11.5 Å². The van der Waals surface area contributed by atoms with Crippen LogP contribution in [0.5, 0.6) is 0 Å². The lowest BCUT2D eigenvalue weighted by molar-refractivity contribution is 0.0690. The van der Waals surface area contributed by atoms with Gasteiger partial charge in [-0.2, -0.15) is 0 Å². The van der Waals surface area contributed by atoms with Crippen molar-refractivity contribution in [2.75, 3.05) is 5.32 Å². The van der Waals surface area contributed by atoms with Crippen molar-refractivity contribution in [3.63, 3.8) is 0 Å². The average molecular weight is 267 g/mol. The zero-order valence-corrected chi connectivity index (χ0v) is 10.9. The van der Waals surface area contributed by atoms with Crippen molar-refractivity contribution in [3.05, 3.63) is 59.9 Å². The fourth-order valence-electron chi connectivity index (χ4n) is 2.15. The van der Waals surface area contributed by atoms with Crippen LogP contribution in [0.4, 0.5) is 11.5 Å². The van der Waals surface area contributed by atoms with Gasteiger partial charge in [0.05, 0.1) is 0 Å². The van der Waals surface area contributed by atoms with Gasteiger partial charge in [-0.15, -0.1) is 0 Å². The molecule has 0 saturated heterocycles. The van der Waals surface area contributed by atoms with Gasteiger partial charge < -0.3 is 10.4 Å². The van der Waals surface area contributed by atoms with Crippen molar-refractivity contribution in [3.8, 4) is 0 Å². The molecular weight excluding hydrogens is 254 g/mol. The summed E-state index contributed by atoms with van der Waals surface area (Å²) in [4.78, 5) is 15.8. The van der Waals surface area contributed by atoms with E-state index in [1.165, 1.54) is 0 Å². The van der Waals surface area contributed by atoms with Crippen LogP contribution >= 0.6 is 0 Å². The molecule has 5 heteroatoms. The first-order valence-corrected chi connectivity index (χ1v) is 6.19. The maximum absolute atomic E-state index is 11.5. The van der Waals surface area contributed by atoms with Crippen molar-refractivity contribution >= 4 is 23.1 Å². The molecule has 20 heavy (non-hydrogen) atoms. The van der Waals surface area contributed by atoms with E-state index in [-0.39, 0.29) is 5.69 Å². The normalized spacial score (nSPS) is 10.7. The number of aryl methyl sites for hydroxylation is 1. The number of benzene rings is 1. The van der Waals surface area contributed by atoms with Crippen LogP contribution in [0.3, 0.4) is 0 Å². The second-order valence-corrected chi connectivity index (χ2v) is 4.54. The number of nitrogens with zero attached hydrogens (tertiary/aromatic N) is 2. The molecule has 0 fully saturated rings. The maximum Gasteiger partial charge on any atom is 0.356 e. The Morgan fingerprint density at radius 2 is 2.10 bits per heavy atom. The van der Waals surface area contributed by atoms with Crippen molar-refractivity contribution in [2.24, 2.45) is 0 Å². The summed E-state index contributed by atoms with van der Waals surface area (Å²) in [6.45, 7) is 1.98. The van der Waals surface area contributed by atoms with Crippen LogP contribution < -0.4 is 5.32 Å². The molecule has 0 spiro atoms. The lowest BCUT2D eigenvalue weighted by Crippen LogP contribution is -2.05. The van der Waals surface area contributed by atoms with Gasteiger partial charge in [0, 0.05) is 11.9 Å². The quantitative estimate of drug-likeness (QED) is 0.765. The Hall–Kier alpha value is -2.82. The SMILES string of the molecule is Cc1cccc(Nc2nc3ccccn3c2C(=O)O)c1. The predicted octanol–water partition coefficient (Wildman–Crippen LogP) is 3.08. The fourth-order valence-corrected chi connectivity index (χ4v) is 2.15. The third-order valence-electron chi connectivity index (χ3n) is 3.01. The third kappa shape index (κ3) is 2.09. The fraction of sp³-hybridized carbons (Fsp3) is 0.0667. The zero-order valence-electron chi connectivity index (χ0n) is 10.9. The number of rotatable bonds is 3. The minimum absolute atomic E-state index is 0.127. The molecule has 1 aromatic carbocycles. The van der Waals surface area contributed by atoms with E-state index >= 15 is 0 Å². The van der Waals surface area contributed by atoms with E-state index in [0.717, 1.165) is 11.3 Å². The number of carboxylic acids is 1. The number of anilines is 2. The number of aromatic carboxylic acids is 1. The lowest BCUT2D eigenvalue weighted by atomic mass is 10.2. The van der Waals surface area contributed by atoms with Gasteiger partial charge in [-0.1, -0.05) is 18.2 Å². The molecule has 0 atom stereocenters. The van der Waals surface area contributed by atoms with E-state index in [9.17, 15) is 9.90 Å². The Kier molecular flexibility index (Phi) is 2.87. The van der Waals surface area contributed by atoms with Gasteiger partial charge in [0.1, 0.15) is 5.65 Å². The maximum atomic E-state index is 11.5. The molecule has 0 radical (unpaired) electrons. The average Bonchev–Trinajstić information content (AvgIpc) is 2.76. The predicted molar refractivity (Wildman–Crippen MR) is 76.6 cm³/mol. The van der Waals surface area contributed by atoms with Crippen molar-refractivity contribution in [2.45, 2.75) is 6.92 Å². The smallest absolute Gasteiger partial charge is 0.356 e. The number of carboxylic acid groups (broad SMARTS) is 1. The number of aromatic nitrogens is 2. The molecule has 2 aromatic heterocycles. The molecule has 100 valence electrons. The molecule has 2 N–H and O–H groups in total. The van der Waals surface area contributed by atoms with Crippen LogP contribution in [-0.2, 0) is 0 Å². The first-order valence-electron chi connectivity index (χ1n) is 6.19. The Bertz CT molecular complexity index is 793. The monoisotopic (exact) mass is 267 g/mol. The molecule has 0 unspecified atom stereocenters. The number of nitrogens with one attached hydrogen (secondary N) is 1. The Labute approximate surface area is 115 Å². The van der Waals surface area contributed by atoms with Crippen LogP contribution in [0.1, 0.15) is 16.1 Å². The Morgan fingerprint density at radius 3 is 2.85 bits per heavy atom. The topological polar surface area (TPSA) is 66.6 Å². The minimum atomic E-state index is -1.01. The van der Waals surface area contributed by atoms with Crippen LogP contribution in [0.25, 0.3) is 5.65 Å². The number of hydrogen-bond donors (Lipinski definition) is 2. The molecule has 0 aliphatic rings. The summed E-state index contributed by atoms with van der Waals surface area (Å²) in [6, 6.07) is 13.1. The van der Waals surface area contributed by atoms with Gasteiger partial charge in [-0.05, 0) is 36.8 Å². The van der Waals surface area contributed by atoms with Gasteiger partial charge in [0.25, 0.3) is 0 Å². The molecule has 3 aromatic rings. The minimum Gasteiger partial charge on any atom is -0.476 e. The van der Waals surface area contributed by atoms with Gasteiger partial charge >= 0.3 is 5.97 Å². The summed E-state index contributed by atoms with van der Waals surface area (Å²) in [6.07, 6.45) is 1.69. The Morgan fingerprint density at radius 1 is 1.25 bits per heavy atom. The Balaban J connectivity index is 2.11. The van der Waals surface area contributed by atoms with Crippen molar-refractivity contribution in [1.82, 2.24) is 9.38 Å². The van der Waals surface area contributed by atoms with E-state index in [4.69, 9.17) is 0 Å².